The highest BCUT2D eigenvalue weighted by Gasteiger charge is 2.27. The predicted molar refractivity (Wildman–Crippen MR) is 137 cm³/mol. The van der Waals surface area contributed by atoms with Gasteiger partial charge in [0.1, 0.15) is 11.6 Å². The Morgan fingerprint density at radius 3 is 1.93 bits per heavy atom. The van der Waals surface area contributed by atoms with Crippen molar-refractivity contribution in [1.29, 1.82) is 0 Å². The largest absolute Gasteiger partial charge is 0.493 e. The van der Waals surface area contributed by atoms with Gasteiger partial charge in [-0.1, -0.05) is 12.1 Å². The highest BCUT2D eigenvalue weighted by atomic mass is 19.1. The fraction of sp³-hybridized carbons (Fsp3) is 0.407. The van der Waals surface area contributed by atoms with Crippen molar-refractivity contribution in [2.24, 2.45) is 5.92 Å². The van der Waals surface area contributed by atoms with Crippen LogP contribution in [-0.4, -0.2) is 70.8 Å². The zero-order valence-electron chi connectivity index (χ0n) is 21.6. The standard InChI is InChI=1S/C19H20FNO3.2C4H6O4/c20-15-3-1-13(2-4-15)17-7-8-21-10-14(17)11-22-16-5-6-18-19(9-16)24-12-23-18;2*5-3(6)1-2-4(7)8/h1-6,9,14,17,21H,7-8,10-12H2;2*1-2H2,(H,5,6)(H,7,8)/t14-,17-;;/m0../s1. The van der Waals surface area contributed by atoms with Crippen LogP contribution in [0.2, 0.25) is 0 Å². The van der Waals surface area contributed by atoms with Gasteiger partial charge in [-0.3, -0.25) is 19.2 Å². The molecule has 2 aromatic carbocycles. The number of fused-ring (bicyclic) bond motifs is 1. The van der Waals surface area contributed by atoms with Crippen LogP contribution in [0.1, 0.15) is 43.6 Å². The molecule has 13 heteroatoms. The number of hydrogen-bond donors (Lipinski definition) is 5. The number of piperidine rings is 1. The summed E-state index contributed by atoms with van der Waals surface area (Å²) in [6.07, 6.45) is -0.157. The summed E-state index contributed by atoms with van der Waals surface area (Å²) in [6.45, 7) is 2.74. The van der Waals surface area contributed by atoms with E-state index in [1.807, 2.05) is 30.3 Å². The second-order valence-corrected chi connectivity index (χ2v) is 8.81. The molecule has 218 valence electrons. The number of benzene rings is 2. The van der Waals surface area contributed by atoms with E-state index in [1.165, 1.54) is 17.7 Å². The SMILES string of the molecule is Fc1ccc([C@@H]2CCNC[C@H]2COc2ccc3c(c2)OCO3)cc1.O=C(O)CCC(=O)O.O=C(O)CCC(=O)O. The van der Waals surface area contributed by atoms with E-state index >= 15 is 0 Å². The average molecular weight is 566 g/mol. The molecule has 0 spiro atoms. The Labute approximate surface area is 229 Å². The van der Waals surface area contributed by atoms with Crippen LogP contribution in [0.25, 0.3) is 0 Å². The summed E-state index contributed by atoms with van der Waals surface area (Å²) in [5.41, 5.74) is 1.18. The molecular weight excluding hydrogens is 533 g/mol. The third-order valence-corrected chi connectivity index (χ3v) is 5.82. The molecule has 2 aromatic rings. The molecule has 12 nitrogen and oxygen atoms in total. The maximum atomic E-state index is 13.2. The number of rotatable bonds is 10. The first-order chi connectivity index (χ1) is 19.0. The van der Waals surface area contributed by atoms with E-state index in [-0.39, 0.29) is 38.3 Å². The van der Waals surface area contributed by atoms with Crippen LogP contribution in [0, 0.1) is 11.7 Å². The lowest BCUT2D eigenvalue weighted by Crippen LogP contribution is -2.38. The molecule has 1 saturated heterocycles. The van der Waals surface area contributed by atoms with E-state index in [4.69, 9.17) is 34.6 Å². The molecule has 2 atom stereocenters. The van der Waals surface area contributed by atoms with Gasteiger partial charge in [0.25, 0.3) is 0 Å². The van der Waals surface area contributed by atoms with E-state index in [0.717, 1.165) is 36.8 Å². The van der Waals surface area contributed by atoms with Crippen molar-refractivity contribution in [3.05, 3.63) is 53.8 Å². The lowest BCUT2D eigenvalue weighted by Gasteiger charge is -2.32. The summed E-state index contributed by atoms with van der Waals surface area (Å²) in [5, 5.41) is 35.0. The molecule has 2 aliphatic rings. The van der Waals surface area contributed by atoms with Gasteiger partial charge in [-0.05, 0) is 48.7 Å². The zero-order chi connectivity index (χ0) is 29.5. The van der Waals surface area contributed by atoms with Crippen LogP contribution in [-0.2, 0) is 19.2 Å². The zero-order valence-corrected chi connectivity index (χ0v) is 21.6. The molecule has 0 saturated carbocycles. The molecule has 0 bridgehead atoms. The number of hydrogen-bond acceptors (Lipinski definition) is 8. The Balaban J connectivity index is 0.000000290. The Kier molecular flexibility index (Phi) is 13.2. The number of carboxylic acids is 4. The Morgan fingerprint density at radius 1 is 0.825 bits per heavy atom. The lowest BCUT2D eigenvalue weighted by atomic mass is 9.81. The van der Waals surface area contributed by atoms with Crippen molar-refractivity contribution in [1.82, 2.24) is 5.32 Å². The van der Waals surface area contributed by atoms with E-state index < -0.39 is 23.9 Å². The monoisotopic (exact) mass is 565 g/mol. The number of nitrogens with one attached hydrogen (secondary N) is 1. The number of ether oxygens (including phenoxy) is 3. The van der Waals surface area contributed by atoms with E-state index in [1.54, 1.807) is 0 Å². The molecule has 4 rings (SSSR count). The second kappa shape index (κ2) is 16.5. The third kappa shape index (κ3) is 12.0. The van der Waals surface area contributed by atoms with Crippen molar-refractivity contribution in [2.75, 3.05) is 26.5 Å². The third-order valence-electron chi connectivity index (χ3n) is 5.82. The second-order valence-electron chi connectivity index (χ2n) is 8.81. The molecule has 2 aliphatic heterocycles. The van der Waals surface area contributed by atoms with Gasteiger partial charge in [-0.25, -0.2) is 4.39 Å². The highest BCUT2D eigenvalue weighted by molar-refractivity contribution is 5.75. The number of halogens is 1. The van der Waals surface area contributed by atoms with Crippen LogP contribution in [0.3, 0.4) is 0 Å². The summed E-state index contributed by atoms with van der Waals surface area (Å²) in [7, 11) is 0. The molecule has 5 N–H and O–H groups in total. The molecular formula is C27H32FNO11. The first-order valence-electron chi connectivity index (χ1n) is 12.4. The molecule has 0 amide bonds. The Hall–Kier alpha value is -4.39. The number of aliphatic carboxylic acids is 4. The number of carbonyl (C=O) groups is 4. The quantitative estimate of drug-likeness (QED) is 0.283. The Bertz CT molecular complexity index is 1080. The maximum Gasteiger partial charge on any atom is 0.303 e. The van der Waals surface area contributed by atoms with E-state index in [9.17, 15) is 23.6 Å². The van der Waals surface area contributed by atoms with E-state index in [2.05, 4.69) is 5.32 Å². The van der Waals surface area contributed by atoms with Crippen molar-refractivity contribution in [2.45, 2.75) is 38.0 Å². The molecule has 0 aromatic heterocycles. The minimum Gasteiger partial charge on any atom is -0.493 e. The normalized spacial score (nSPS) is 16.8. The Morgan fingerprint density at radius 2 is 1.38 bits per heavy atom. The van der Waals surface area contributed by atoms with Crippen LogP contribution in [0.15, 0.2) is 42.5 Å². The molecule has 0 aliphatic carbocycles. The fourth-order valence-electron chi connectivity index (χ4n) is 3.84. The van der Waals surface area contributed by atoms with Crippen molar-refractivity contribution in [3.63, 3.8) is 0 Å². The topological polar surface area (TPSA) is 189 Å². The van der Waals surface area contributed by atoms with Gasteiger partial charge in [0.05, 0.1) is 32.3 Å². The molecule has 0 radical (unpaired) electrons. The molecule has 40 heavy (non-hydrogen) atoms. The van der Waals surface area contributed by atoms with Crippen LogP contribution >= 0.6 is 0 Å². The minimum absolute atomic E-state index is 0.194. The van der Waals surface area contributed by atoms with Gasteiger partial charge in [0, 0.05) is 18.5 Å². The van der Waals surface area contributed by atoms with Crippen LogP contribution in [0.4, 0.5) is 4.39 Å². The predicted octanol–water partition coefficient (Wildman–Crippen LogP) is 3.20. The molecule has 0 unspecified atom stereocenters. The summed E-state index contributed by atoms with van der Waals surface area (Å²) in [6, 6.07) is 12.5. The van der Waals surface area contributed by atoms with Crippen molar-refractivity contribution in [3.8, 4) is 17.2 Å². The summed E-state index contributed by atoms with van der Waals surface area (Å²) < 4.78 is 29.9. The molecule has 1 fully saturated rings. The van der Waals surface area contributed by atoms with Gasteiger partial charge < -0.3 is 40.0 Å². The van der Waals surface area contributed by atoms with Gasteiger partial charge in [-0.15, -0.1) is 0 Å². The maximum absolute atomic E-state index is 13.2. The minimum atomic E-state index is -1.08. The smallest absolute Gasteiger partial charge is 0.303 e. The summed E-state index contributed by atoms with van der Waals surface area (Å²) >= 11 is 0. The van der Waals surface area contributed by atoms with Gasteiger partial charge in [0.15, 0.2) is 11.5 Å². The van der Waals surface area contributed by atoms with E-state index in [0.29, 0.717) is 18.4 Å². The van der Waals surface area contributed by atoms with Crippen molar-refractivity contribution < 1.29 is 58.2 Å². The van der Waals surface area contributed by atoms with Gasteiger partial charge in [-0.2, -0.15) is 0 Å². The first-order valence-corrected chi connectivity index (χ1v) is 12.4. The summed E-state index contributed by atoms with van der Waals surface area (Å²) in [5.74, 6) is -1.52. The van der Waals surface area contributed by atoms with Crippen LogP contribution in [0.5, 0.6) is 17.2 Å². The average Bonchev–Trinajstić information content (AvgIpc) is 3.39. The lowest BCUT2D eigenvalue weighted by molar-refractivity contribution is -0.143. The first kappa shape index (κ1) is 31.8. The highest BCUT2D eigenvalue weighted by Crippen LogP contribution is 2.36. The van der Waals surface area contributed by atoms with Crippen molar-refractivity contribution >= 4 is 23.9 Å². The number of carboxylic acid groups (broad SMARTS) is 4. The summed E-state index contributed by atoms with van der Waals surface area (Å²) in [4.78, 5) is 38.6. The molecule has 2 heterocycles. The fourth-order valence-corrected chi connectivity index (χ4v) is 3.84. The van der Waals surface area contributed by atoms with Gasteiger partial charge in [0.2, 0.25) is 6.79 Å². The van der Waals surface area contributed by atoms with Crippen LogP contribution < -0.4 is 19.5 Å². The van der Waals surface area contributed by atoms with Gasteiger partial charge >= 0.3 is 23.9 Å².